The van der Waals surface area contributed by atoms with Crippen molar-refractivity contribution < 1.29 is 21.8 Å². The molecule has 0 spiro atoms. The van der Waals surface area contributed by atoms with E-state index in [1.807, 2.05) is 0 Å². The number of rotatable bonds is 9. The van der Waals surface area contributed by atoms with E-state index in [0.29, 0.717) is 12.6 Å². The van der Waals surface area contributed by atoms with E-state index >= 15 is 0 Å². The van der Waals surface area contributed by atoms with Gasteiger partial charge in [0.2, 0.25) is 0 Å². The van der Waals surface area contributed by atoms with Crippen LogP contribution in [0, 0.1) is 0 Å². The normalized spacial score (nSPS) is 12.4. The van der Waals surface area contributed by atoms with Crippen molar-refractivity contribution in [1.29, 1.82) is 0 Å². The first kappa shape index (κ1) is 15.2. The zero-order valence-corrected chi connectivity index (χ0v) is 12.0. The Bertz CT molecular complexity index is 154. The molecule has 0 aromatic rings. The fourth-order valence-electron chi connectivity index (χ4n) is 1.10. The second-order valence-corrected chi connectivity index (χ2v) is 8.01. The van der Waals surface area contributed by atoms with Crippen molar-refractivity contribution in [2.24, 2.45) is 5.73 Å². The van der Waals surface area contributed by atoms with E-state index in [9.17, 15) is 0 Å². The SMILES string of the molecule is CO[SiH](OC)O[Si](CCCN)(OC)OC. The molecule has 0 atom stereocenters. The molecule has 0 saturated carbocycles. The lowest BCUT2D eigenvalue weighted by Crippen LogP contribution is -2.49. The zero-order valence-electron chi connectivity index (χ0n) is 9.82. The largest absolute Gasteiger partial charge is 0.492 e. The lowest BCUT2D eigenvalue weighted by molar-refractivity contribution is 0.109. The molecule has 0 aliphatic carbocycles. The number of hydrogen-bond acceptors (Lipinski definition) is 6. The van der Waals surface area contributed by atoms with E-state index in [0.717, 1.165) is 6.42 Å². The maximum Gasteiger partial charge on any atom is 0.492 e. The van der Waals surface area contributed by atoms with Gasteiger partial charge in [0.15, 0.2) is 0 Å². The van der Waals surface area contributed by atoms with Gasteiger partial charge in [-0.2, -0.15) is 0 Å². The van der Waals surface area contributed by atoms with Gasteiger partial charge in [-0.3, -0.25) is 0 Å². The predicted molar refractivity (Wildman–Crippen MR) is 60.5 cm³/mol. The van der Waals surface area contributed by atoms with Gasteiger partial charge in [0.25, 0.3) is 0 Å². The van der Waals surface area contributed by atoms with Crippen LogP contribution in [0.5, 0.6) is 0 Å². The van der Waals surface area contributed by atoms with Crippen LogP contribution in [-0.4, -0.2) is 53.3 Å². The summed E-state index contributed by atoms with van der Waals surface area (Å²) >= 11 is 0. The average molecular weight is 255 g/mol. The third kappa shape index (κ3) is 5.18. The summed E-state index contributed by atoms with van der Waals surface area (Å²) in [5.74, 6) is 0. The van der Waals surface area contributed by atoms with Crippen LogP contribution in [0.3, 0.4) is 0 Å². The van der Waals surface area contributed by atoms with E-state index in [4.69, 9.17) is 27.6 Å². The van der Waals surface area contributed by atoms with Gasteiger partial charge in [0.05, 0.1) is 0 Å². The topological polar surface area (TPSA) is 72.2 Å². The van der Waals surface area contributed by atoms with Gasteiger partial charge in [-0.1, -0.05) is 0 Å². The highest BCUT2D eigenvalue weighted by Crippen LogP contribution is 2.17. The first-order chi connectivity index (χ1) is 7.17. The highest BCUT2D eigenvalue weighted by molar-refractivity contribution is 6.67. The van der Waals surface area contributed by atoms with E-state index in [2.05, 4.69) is 0 Å². The van der Waals surface area contributed by atoms with Gasteiger partial charge < -0.3 is 27.6 Å². The first-order valence-electron chi connectivity index (χ1n) is 4.71. The molecule has 8 heteroatoms. The lowest BCUT2D eigenvalue weighted by atomic mass is 10.5. The minimum Gasteiger partial charge on any atom is -0.380 e. The van der Waals surface area contributed by atoms with Crippen LogP contribution in [0.4, 0.5) is 0 Å². The molecule has 0 amide bonds. The second-order valence-electron chi connectivity index (χ2n) is 2.86. The Morgan fingerprint density at radius 2 is 1.60 bits per heavy atom. The minimum atomic E-state index is -2.64. The van der Waals surface area contributed by atoms with Gasteiger partial charge in [-0.25, -0.2) is 0 Å². The van der Waals surface area contributed by atoms with Crippen LogP contribution in [0.25, 0.3) is 0 Å². The molecule has 0 aromatic carbocycles. The summed E-state index contributed by atoms with van der Waals surface area (Å²) in [5.41, 5.74) is 5.45. The molecule has 0 aromatic heterocycles. The smallest absolute Gasteiger partial charge is 0.380 e. The average Bonchev–Trinajstić information content (AvgIpc) is 2.30. The summed E-state index contributed by atoms with van der Waals surface area (Å²) in [5, 5.41) is 0. The summed E-state index contributed by atoms with van der Waals surface area (Å²) in [6, 6.07) is 0.673. The van der Waals surface area contributed by atoms with Crippen LogP contribution in [0.15, 0.2) is 0 Å². The lowest BCUT2D eigenvalue weighted by Gasteiger charge is -2.28. The van der Waals surface area contributed by atoms with E-state index in [1.54, 1.807) is 28.4 Å². The van der Waals surface area contributed by atoms with Gasteiger partial charge >= 0.3 is 18.3 Å². The Kier molecular flexibility index (Phi) is 8.47. The Hall–Kier alpha value is 0.194. The van der Waals surface area contributed by atoms with Crippen LogP contribution in [0.1, 0.15) is 6.42 Å². The molecule has 0 fully saturated rings. The summed E-state index contributed by atoms with van der Waals surface area (Å²) in [6.07, 6.45) is 0.794. The standard InChI is InChI=1S/C7H21NO5Si2/c1-9-14(10-2)13-15(11-3,12-4)7-5-6-8/h14H,5-8H2,1-4H3. The molecule has 0 rings (SSSR count). The molecule has 0 heterocycles. The molecule has 0 radical (unpaired) electrons. The van der Waals surface area contributed by atoms with Crippen molar-refractivity contribution in [3.63, 3.8) is 0 Å². The maximum atomic E-state index is 5.67. The monoisotopic (exact) mass is 255 g/mol. The summed E-state index contributed by atoms with van der Waals surface area (Å²) in [6.45, 7) is 0.580. The van der Waals surface area contributed by atoms with Crippen LogP contribution < -0.4 is 5.73 Å². The minimum absolute atomic E-state index is 0.580. The van der Waals surface area contributed by atoms with Crippen molar-refractivity contribution in [3.05, 3.63) is 0 Å². The van der Waals surface area contributed by atoms with Crippen LogP contribution in [-0.2, 0) is 21.8 Å². The number of nitrogens with two attached hydrogens (primary N) is 1. The van der Waals surface area contributed by atoms with Gasteiger partial charge in [0, 0.05) is 34.5 Å². The predicted octanol–water partition coefficient (Wildman–Crippen LogP) is -0.406. The second kappa shape index (κ2) is 8.36. The maximum absolute atomic E-state index is 5.67. The fraction of sp³-hybridized carbons (Fsp3) is 1.00. The Labute approximate surface area is 93.9 Å². The molecule has 0 saturated heterocycles. The molecule has 15 heavy (non-hydrogen) atoms. The Morgan fingerprint density at radius 1 is 1.07 bits per heavy atom. The van der Waals surface area contributed by atoms with Crippen molar-refractivity contribution in [3.8, 4) is 0 Å². The summed E-state index contributed by atoms with van der Waals surface area (Å²) in [7, 11) is 1.48. The van der Waals surface area contributed by atoms with Crippen LogP contribution in [0.2, 0.25) is 6.04 Å². The third-order valence-corrected chi connectivity index (χ3v) is 7.16. The van der Waals surface area contributed by atoms with Crippen molar-refractivity contribution in [2.75, 3.05) is 35.0 Å². The molecule has 0 unspecified atom stereocenters. The van der Waals surface area contributed by atoms with Crippen LogP contribution >= 0.6 is 0 Å². The number of hydrogen-bond donors (Lipinski definition) is 1. The van der Waals surface area contributed by atoms with Gasteiger partial charge in [0.1, 0.15) is 0 Å². The van der Waals surface area contributed by atoms with Gasteiger partial charge in [-0.05, 0) is 13.0 Å². The van der Waals surface area contributed by atoms with Crippen molar-refractivity contribution >= 4 is 18.3 Å². The zero-order chi connectivity index (χ0) is 11.7. The molecule has 0 aliphatic rings. The molecular weight excluding hydrogens is 234 g/mol. The quantitative estimate of drug-likeness (QED) is 0.565. The van der Waals surface area contributed by atoms with Gasteiger partial charge in [-0.15, -0.1) is 0 Å². The van der Waals surface area contributed by atoms with Crippen molar-refractivity contribution in [2.45, 2.75) is 12.5 Å². The fourth-order valence-corrected chi connectivity index (χ4v) is 5.69. The summed E-state index contributed by atoms with van der Waals surface area (Å²) < 4.78 is 26.5. The first-order valence-corrected chi connectivity index (χ1v) is 8.06. The highest BCUT2D eigenvalue weighted by atomic mass is 28.4. The van der Waals surface area contributed by atoms with Crippen molar-refractivity contribution in [1.82, 2.24) is 0 Å². The highest BCUT2D eigenvalue weighted by Gasteiger charge is 2.41. The Morgan fingerprint density at radius 3 is 1.93 bits per heavy atom. The molecule has 92 valence electrons. The molecule has 6 nitrogen and oxygen atoms in total. The van der Waals surface area contributed by atoms with E-state index in [1.165, 1.54) is 0 Å². The molecular formula is C7H21NO5Si2. The molecule has 0 aliphatic heterocycles. The molecule has 0 bridgehead atoms. The molecule has 2 N–H and O–H groups in total. The third-order valence-electron chi connectivity index (χ3n) is 1.97. The Balaban J connectivity index is 4.32. The van der Waals surface area contributed by atoms with E-state index < -0.39 is 18.3 Å². The summed E-state index contributed by atoms with van der Waals surface area (Å²) in [4.78, 5) is 0. The van der Waals surface area contributed by atoms with E-state index in [-0.39, 0.29) is 0 Å².